The molecule has 0 fully saturated rings. The molecule has 0 aliphatic carbocycles. The second kappa shape index (κ2) is 48.3. The third kappa shape index (κ3) is 30.3. The minimum absolute atomic E-state index is 0. The molecule has 0 spiro atoms. The molecule has 0 rings (SSSR count). The van der Waals surface area contributed by atoms with E-state index in [0.29, 0.717) is 0 Å². The van der Waals surface area contributed by atoms with Gasteiger partial charge in [0.2, 0.25) is 0 Å². The molecule has 0 aliphatic rings. The van der Waals surface area contributed by atoms with Gasteiger partial charge in [0.05, 0.1) is 0 Å². The standard InChI is InChI=1S/Cu.Li.Mn.Ni.O.Ti.H/q;+1;;;;;-1. The minimum atomic E-state index is 0. The zero-order valence-corrected chi connectivity index (χ0v) is 7.58. The Morgan fingerprint density at radius 1 is 1.33 bits per heavy atom. The van der Waals surface area contributed by atoms with Gasteiger partial charge in [0, 0.05) is 50.6 Å². The normalized spacial score (nSPS) is 0.500. The van der Waals surface area contributed by atoms with Gasteiger partial charge >= 0.3 is 42.6 Å². The average molecular weight is 249 g/mol. The number of hydrogen-bond acceptors (Lipinski definition) is 1. The second-order valence-corrected chi connectivity index (χ2v) is 0. The van der Waals surface area contributed by atoms with Crippen molar-refractivity contribution in [3.05, 3.63) is 0 Å². The summed E-state index contributed by atoms with van der Waals surface area (Å²) >= 11 is 0.750. The van der Waals surface area contributed by atoms with E-state index in [4.69, 9.17) is 3.32 Å². The SMILES string of the molecule is [Cu].[H-].[Li+].[Mn].[Ni].[O]=[Ti]. The second-order valence-electron chi connectivity index (χ2n) is 0. The van der Waals surface area contributed by atoms with Crippen molar-refractivity contribution < 1.29 is 94.6 Å². The molecule has 0 saturated heterocycles. The summed E-state index contributed by atoms with van der Waals surface area (Å²) in [5, 5.41) is 0. The van der Waals surface area contributed by atoms with Crippen LogP contribution in [-0.4, -0.2) is 0 Å². The molecule has 0 bridgehead atoms. The predicted octanol–water partition coefficient (Wildman–Crippen LogP) is -3.01. The van der Waals surface area contributed by atoms with Crippen LogP contribution in [0, 0.1) is 0 Å². The molecule has 6 heteroatoms. The van der Waals surface area contributed by atoms with Crippen LogP contribution >= 0.6 is 0 Å². The van der Waals surface area contributed by atoms with Crippen LogP contribution in [0.1, 0.15) is 1.43 Å². The van der Waals surface area contributed by atoms with E-state index in [-0.39, 0.29) is 70.9 Å². The van der Waals surface area contributed by atoms with E-state index in [1.807, 2.05) is 0 Å². The molecule has 0 aromatic carbocycles. The number of hydrogen-bond donors (Lipinski definition) is 0. The van der Waals surface area contributed by atoms with Crippen molar-refractivity contribution in [3.8, 4) is 0 Å². The van der Waals surface area contributed by atoms with Gasteiger partial charge in [-0.25, -0.2) is 0 Å². The fourth-order valence-electron chi connectivity index (χ4n) is 0. The molecule has 40 valence electrons. The van der Waals surface area contributed by atoms with Crippen LogP contribution in [-0.2, 0) is 74.4 Å². The third-order valence-corrected chi connectivity index (χ3v) is 0. The Hall–Kier alpha value is 2.64. The van der Waals surface area contributed by atoms with Crippen LogP contribution in [0.25, 0.3) is 0 Å². The van der Waals surface area contributed by atoms with Crippen molar-refractivity contribution in [1.82, 2.24) is 0 Å². The Morgan fingerprint density at radius 2 is 1.33 bits per heavy atom. The van der Waals surface area contributed by atoms with Crippen molar-refractivity contribution >= 4 is 0 Å². The molecule has 0 aliphatic heterocycles. The summed E-state index contributed by atoms with van der Waals surface area (Å²) in [4.78, 5) is 0. The number of rotatable bonds is 0. The van der Waals surface area contributed by atoms with Gasteiger partial charge in [-0.05, 0) is 0 Å². The van der Waals surface area contributed by atoms with Gasteiger partial charge in [0.15, 0.2) is 0 Å². The van der Waals surface area contributed by atoms with Gasteiger partial charge < -0.3 is 1.43 Å². The van der Waals surface area contributed by atoms with Crippen LogP contribution in [0.2, 0.25) is 0 Å². The molecule has 0 atom stereocenters. The molecule has 0 unspecified atom stereocenters. The van der Waals surface area contributed by atoms with Crippen molar-refractivity contribution in [2.75, 3.05) is 0 Å². The summed E-state index contributed by atoms with van der Waals surface area (Å²) < 4.78 is 8.25. The van der Waals surface area contributed by atoms with Crippen LogP contribution in [0.3, 0.4) is 0 Å². The topological polar surface area (TPSA) is 17.1 Å². The molecule has 0 N–H and O–H groups in total. The van der Waals surface area contributed by atoms with Crippen molar-refractivity contribution in [2.45, 2.75) is 0 Å². The Bertz CT molecular complexity index is 19.7. The van der Waals surface area contributed by atoms with E-state index >= 15 is 0 Å². The molecule has 1 nitrogen and oxygen atoms in total. The molecule has 6 heavy (non-hydrogen) atoms. The van der Waals surface area contributed by atoms with Gasteiger partial charge in [0.25, 0.3) is 0 Å². The van der Waals surface area contributed by atoms with E-state index in [1.165, 1.54) is 0 Å². The monoisotopic (exact) mass is 248 g/mol. The van der Waals surface area contributed by atoms with Gasteiger partial charge in [-0.3, -0.25) is 0 Å². The zero-order chi connectivity index (χ0) is 2.00. The molecular formula is HCuLiMnNiOTi. The van der Waals surface area contributed by atoms with Gasteiger partial charge in [-0.15, -0.1) is 0 Å². The van der Waals surface area contributed by atoms with Crippen molar-refractivity contribution in [2.24, 2.45) is 0 Å². The molecule has 0 saturated carbocycles. The first-order valence-corrected chi connectivity index (χ1v) is 0.842. The van der Waals surface area contributed by atoms with Gasteiger partial charge in [0.1, 0.15) is 0 Å². The molecule has 0 aromatic rings. The molecule has 0 amide bonds. The Morgan fingerprint density at radius 3 is 1.33 bits per heavy atom. The summed E-state index contributed by atoms with van der Waals surface area (Å²) in [6.45, 7) is 0. The predicted molar refractivity (Wildman–Crippen MR) is 1.80 cm³/mol. The Labute approximate surface area is 93.4 Å². The van der Waals surface area contributed by atoms with E-state index in [0.717, 1.165) is 20.4 Å². The van der Waals surface area contributed by atoms with Gasteiger partial charge in [-0.1, -0.05) is 0 Å². The van der Waals surface area contributed by atoms with E-state index in [9.17, 15) is 0 Å². The third-order valence-electron chi connectivity index (χ3n) is 0. The maximum absolute atomic E-state index is 8.25. The fraction of sp³-hybridized carbons (Fsp3) is 0. The van der Waals surface area contributed by atoms with Crippen LogP contribution < -0.4 is 18.9 Å². The van der Waals surface area contributed by atoms with Crippen LogP contribution in [0.5, 0.6) is 0 Å². The molecule has 0 aromatic heterocycles. The summed E-state index contributed by atoms with van der Waals surface area (Å²) in [6.07, 6.45) is 0. The first-order valence-electron chi connectivity index (χ1n) is 0.204. The molecule has 2 radical (unpaired) electrons. The van der Waals surface area contributed by atoms with Crippen LogP contribution in [0.4, 0.5) is 0 Å². The summed E-state index contributed by atoms with van der Waals surface area (Å²) in [6, 6.07) is 0. The first-order chi connectivity index (χ1) is 1.00. The molecular weight excluding hydrogens is 248 g/mol. The summed E-state index contributed by atoms with van der Waals surface area (Å²) in [7, 11) is 0. The van der Waals surface area contributed by atoms with Crippen molar-refractivity contribution in [3.63, 3.8) is 0 Å². The fourth-order valence-corrected chi connectivity index (χ4v) is 0. The Balaban J connectivity index is -0.000000000500. The zero-order valence-electron chi connectivity index (χ0n) is 3.90. The van der Waals surface area contributed by atoms with E-state index < -0.39 is 0 Å². The summed E-state index contributed by atoms with van der Waals surface area (Å²) in [5.41, 5.74) is 0. The van der Waals surface area contributed by atoms with E-state index in [1.54, 1.807) is 0 Å². The van der Waals surface area contributed by atoms with E-state index in [2.05, 4.69) is 0 Å². The average Bonchev–Trinajstić information content (AvgIpc) is 1.00. The first kappa shape index (κ1) is 38.0. The van der Waals surface area contributed by atoms with Gasteiger partial charge in [-0.2, -0.15) is 0 Å². The maximum atomic E-state index is 8.25. The van der Waals surface area contributed by atoms with Crippen LogP contribution in [0.15, 0.2) is 0 Å². The quantitative estimate of drug-likeness (QED) is 0.418. The summed E-state index contributed by atoms with van der Waals surface area (Å²) in [5.74, 6) is 0. The molecule has 0 heterocycles. The Kier molecular flexibility index (Phi) is 306. The van der Waals surface area contributed by atoms with Crippen molar-refractivity contribution in [1.29, 1.82) is 0 Å².